The molecule has 0 bridgehead atoms. The zero-order valence-electron chi connectivity index (χ0n) is 10.4. The minimum atomic E-state index is -0.343. The number of nitrogen functional groups attached to an aromatic ring is 1. The first-order valence-electron chi connectivity index (χ1n) is 5.75. The van der Waals surface area contributed by atoms with Crippen LogP contribution in [0.2, 0.25) is 5.02 Å². The molecule has 2 aromatic rings. The fourth-order valence-corrected chi connectivity index (χ4v) is 1.86. The molecule has 1 amide bonds. The zero-order chi connectivity index (χ0) is 13.8. The number of hydrogen-bond donors (Lipinski definition) is 2. The monoisotopic (exact) mass is 279 g/mol. The lowest BCUT2D eigenvalue weighted by molar-refractivity contribution is 0.0932. The third-order valence-corrected chi connectivity index (χ3v) is 2.81. The summed E-state index contributed by atoms with van der Waals surface area (Å²) in [6, 6.07) is 3.02. The molecule has 0 saturated heterocycles. The van der Waals surface area contributed by atoms with Gasteiger partial charge in [0.1, 0.15) is 11.5 Å². The Morgan fingerprint density at radius 3 is 3.05 bits per heavy atom. The van der Waals surface area contributed by atoms with Crippen LogP contribution in [0.5, 0.6) is 0 Å². The highest BCUT2D eigenvalue weighted by atomic mass is 35.5. The lowest BCUT2D eigenvalue weighted by Gasteiger charge is -2.14. The van der Waals surface area contributed by atoms with Crippen molar-refractivity contribution >= 4 is 23.3 Å². The molecule has 6 nitrogen and oxygen atoms in total. The average Bonchev–Trinajstić information content (AvgIpc) is 2.84. The molecular formula is C12H14ClN5O. The maximum Gasteiger partial charge on any atom is 0.271 e. The van der Waals surface area contributed by atoms with Gasteiger partial charge in [-0.05, 0) is 19.1 Å². The second-order valence-electron chi connectivity index (χ2n) is 4.20. The van der Waals surface area contributed by atoms with Crippen LogP contribution in [0.1, 0.15) is 17.4 Å². The fraction of sp³-hybridized carbons (Fsp3) is 0.250. The molecule has 0 aliphatic heterocycles. The Labute approximate surface area is 115 Å². The van der Waals surface area contributed by atoms with E-state index < -0.39 is 0 Å². The number of imidazole rings is 1. The van der Waals surface area contributed by atoms with Gasteiger partial charge in [-0.15, -0.1) is 0 Å². The van der Waals surface area contributed by atoms with Gasteiger partial charge in [-0.1, -0.05) is 11.6 Å². The molecule has 7 heteroatoms. The van der Waals surface area contributed by atoms with Crippen molar-refractivity contribution in [2.75, 3.05) is 5.73 Å². The molecule has 0 saturated carbocycles. The van der Waals surface area contributed by atoms with Crippen molar-refractivity contribution < 1.29 is 4.79 Å². The topological polar surface area (TPSA) is 85.8 Å². The van der Waals surface area contributed by atoms with E-state index in [9.17, 15) is 4.79 Å². The van der Waals surface area contributed by atoms with Crippen LogP contribution in [0.15, 0.2) is 30.9 Å². The number of carbonyl (C=O) groups excluding carboxylic acids is 1. The highest BCUT2D eigenvalue weighted by Crippen LogP contribution is 2.15. The number of nitrogens with one attached hydrogen (secondary N) is 1. The number of aromatic nitrogens is 3. The van der Waals surface area contributed by atoms with Gasteiger partial charge in [-0.3, -0.25) is 4.79 Å². The molecule has 0 spiro atoms. The van der Waals surface area contributed by atoms with E-state index in [0.717, 1.165) is 0 Å². The molecule has 0 aliphatic rings. The Kier molecular flexibility index (Phi) is 4.01. The van der Waals surface area contributed by atoms with E-state index in [0.29, 0.717) is 6.54 Å². The number of anilines is 1. The van der Waals surface area contributed by atoms with Crippen molar-refractivity contribution in [2.45, 2.75) is 19.5 Å². The van der Waals surface area contributed by atoms with Crippen molar-refractivity contribution in [3.05, 3.63) is 41.6 Å². The van der Waals surface area contributed by atoms with E-state index in [1.54, 1.807) is 24.7 Å². The van der Waals surface area contributed by atoms with Crippen LogP contribution in [0.3, 0.4) is 0 Å². The third-order valence-electron chi connectivity index (χ3n) is 2.50. The highest BCUT2D eigenvalue weighted by Gasteiger charge is 2.15. The summed E-state index contributed by atoms with van der Waals surface area (Å²) in [4.78, 5) is 19.9. The van der Waals surface area contributed by atoms with Crippen LogP contribution >= 0.6 is 11.6 Å². The first-order valence-corrected chi connectivity index (χ1v) is 6.12. The number of amides is 1. The molecule has 1 unspecified atom stereocenters. The molecular weight excluding hydrogens is 266 g/mol. The number of halogens is 1. The predicted molar refractivity (Wildman–Crippen MR) is 72.8 cm³/mol. The Balaban J connectivity index is 2.02. The minimum absolute atomic E-state index is 0.0824. The summed E-state index contributed by atoms with van der Waals surface area (Å²) in [6.07, 6.45) is 5.20. The van der Waals surface area contributed by atoms with E-state index in [-0.39, 0.29) is 28.5 Å². The van der Waals surface area contributed by atoms with Gasteiger partial charge in [0.25, 0.3) is 5.91 Å². The Morgan fingerprint density at radius 2 is 2.37 bits per heavy atom. The van der Waals surface area contributed by atoms with Gasteiger partial charge in [0, 0.05) is 25.0 Å². The standard InChI is InChI=1S/C12H14ClN5O/c1-8(6-18-5-4-15-7-18)16-12(19)11-9(13)2-3-10(14)17-11/h2-5,7-8H,6H2,1H3,(H2,14,17)(H,16,19). The van der Waals surface area contributed by atoms with Crippen LogP contribution < -0.4 is 11.1 Å². The summed E-state index contributed by atoms with van der Waals surface area (Å²) in [5.41, 5.74) is 5.68. The van der Waals surface area contributed by atoms with Crippen molar-refractivity contribution in [1.29, 1.82) is 0 Å². The van der Waals surface area contributed by atoms with Crippen LogP contribution in [0.25, 0.3) is 0 Å². The molecule has 0 fully saturated rings. The summed E-state index contributed by atoms with van der Waals surface area (Å²) < 4.78 is 1.87. The van der Waals surface area contributed by atoms with E-state index >= 15 is 0 Å². The van der Waals surface area contributed by atoms with Crippen LogP contribution in [-0.2, 0) is 6.54 Å². The lowest BCUT2D eigenvalue weighted by Crippen LogP contribution is -2.36. The average molecular weight is 280 g/mol. The van der Waals surface area contributed by atoms with E-state index in [1.165, 1.54) is 0 Å². The highest BCUT2D eigenvalue weighted by molar-refractivity contribution is 6.33. The normalized spacial score (nSPS) is 12.1. The zero-order valence-corrected chi connectivity index (χ0v) is 11.1. The molecule has 2 rings (SSSR count). The molecule has 0 aromatic carbocycles. The van der Waals surface area contributed by atoms with E-state index in [2.05, 4.69) is 15.3 Å². The summed E-state index contributed by atoms with van der Waals surface area (Å²) >= 11 is 5.92. The van der Waals surface area contributed by atoms with Crippen molar-refractivity contribution in [1.82, 2.24) is 19.9 Å². The minimum Gasteiger partial charge on any atom is -0.384 e. The van der Waals surface area contributed by atoms with Crippen molar-refractivity contribution in [3.8, 4) is 0 Å². The first kappa shape index (κ1) is 13.4. The Hall–Kier alpha value is -2.08. The summed E-state index contributed by atoms with van der Waals surface area (Å²) in [6.45, 7) is 2.50. The second kappa shape index (κ2) is 5.71. The summed E-state index contributed by atoms with van der Waals surface area (Å²) in [7, 11) is 0. The number of nitrogens with two attached hydrogens (primary N) is 1. The smallest absolute Gasteiger partial charge is 0.271 e. The lowest BCUT2D eigenvalue weighted by atomic mass is 10.2. The maximum absolute atomic E-state index is 12.0. The largest absolute Gasteiger partial charge is 0.384 e. The molecule has 0 radical (unpaired) electrons. The fourth-order valence-electron chi connectivity index (χ4n) is 1.67. The van der Waals surface area contributed by atoms with Gasteiger partial charge in [-0.2, -0.15) is 0 Å². The van der Waals surface area contributed by atoms with Gasteiger partial charge < -0.3 is 15.6 Å². The molecule has 2 heterocycles. The number of rotatable bonds is 4. The number of carbonyl (C=O) groups is 1. The number of nitrogens with zero attached hydrogens (tertiary/aromatic N) is 3. The predicted octanol–water partition coefficient (Wildman–Crippen LogP) is 1.33. The van der Waals surface area contributed by atoms with Crippen LogP contribution in [0.4, 0.5) is 5.82 Å². The molecule has 1 atom stereocenters. The third kappa shape index (κ3) is 3.45. The molecule has 3 N–H and O–H groups in total. The summed E-state index contributed by atoms with van der Waals surface area (Å²) in [5.74, 6) is -0.0817. The number of hydrogen-bond acceptors (Lipinski definition) is 4. The van der Waals surface area contributed by atoms with Crippen LogP contribution in [-0.4, -0.2) is 26.5 Å². The van der Waals surface area contributed by atoms with Gasteiger partial charge in [-0.25, -0.2) is 9.97 Å². The Morgan fingerprint density at radius 1 is 1.58 bits per heavy atom. The molecule has 0 aliphatic carbocycles. The second-order valence-corrected chi connectivity index (χ2v) is 4.61. The van der Waals surface area contributed by atoms with Crippen LogP contribution in [0, 0.1) is 0 Å². The maximum atomic E-state index is 12.0. The van der Waals surface area contributed by atoms with E-state index in [1.807, 2.05) is 17.7 Å². The first-order chi connectivity index (χ1) is 9.06. The summed E-state index contributed by atoms with van der Waals surface area (Å²) in [5, 5.41) is 3.09. The van der Waals surface area contributed by atoms with Gasteiger partial charge in [0.2, 0.25) is 0 Å². The molecule has 2 aromatic heterocycles. The van der Waals surface area contributed by atoms with Gasteiger partial charge >= 0.3 is 0 Å². The quantitative estimate of drug-likeness (QED) is 0.884. The van der Waals surface area contributed by atoms with Gasteiger partial charge in [0.15, 0.2) is 0 Å². The Bertz CT molecular complexity index is 570. The van der Waals surface area contributed by atoms with Gasteiger partial charge in [0.05, 0.1) is 11.3 Å². The number of pyridine rings is 1. The van der Waals surface area contributed by atoms with Crippen molar-refractivity contribution in [2.24, 2.45) is 0 Å². The molecule has 19 heavy (non-hydrogen) atoms. The van der Waals surface area contributed by atoms with E-state index in [4.69, 9.17) is 17.3 Å². The SMILES string of the molecule is CC(Cn1ccnc1)NC(=O)c1nc(N)ccc1Cl. The molecule has 100 valence electrons. The van der Waals surface area contributed by atoms with Crippen molar-refractivity contribution in [3.63, 3.8) is 0 Å².